The van der Waals surface area contributed by atoms with Gasteiger partial charge >= 0.3 is 12.1 Å². The van der Waals surface area contributed by atoms with Gasteiger partial charge in [-0.15, -0.1) is 0 Å². The summed E-state index contributed by atoms with van der Waals surface area (Å²) in [5, 5.41) is 1.33. The number of esters is 1. The molecule has 5 aromatic rings. The SMILES string of the molecule is Cc1cccc(Oc2c(C(F)(F)F)oc3cc(OC(=O)c4cccc5ccccc45)ccc3c2=O)c1. The van der Waals surface area contributed by atoms with E-state index in [1.807, 2.05) is 18.2 Å². The fourth-order valence-electron chi connectivity index (χ4n) is 3.86. The summed E-state index contributed by atoms with van der Waals surface area (Å²) in [7, 11) is 0. The van der Waals surface area contributed by atoms with Gasteiger partial charge in [0.1, 0.15) is 17.1 Å². The minimum absolute atomic E-state index is 0.0628. The number of rotatable bonds is 4. The first-order valence-corrected chi connectivity index (χ1v) is 10.8. The summed E-state index contributed by atoms with van der Waals surface area (Å²) in [4.78, 5) is 25.8. The predicted molar refractivity (Wildman–Crippen MR) is 128 cm³/mol. The Morgan fingerprint density at radius 3 is 2.36 bits per heavy atom. The van der Waals surface area contributed by atoms with Crippen molar-refractivity contribution in [2.45, 2.75) is 13.1 Å². The molecule has 0 spiro atoms. The Hall–Kier alpha value is -4.59. The van der Waals surface area contributed by atoms with Crippen LogP contribution in [0.1, 0.15) is 21.7 Å². The lowest BCUT2D eigenvalue weighted by Gasteiger charge is -2.14. The van der Waals surface area contributed by atoms with Crippen LogP contribution in [0, 0.1) is 6.92 Å². The van der Waals surface area contributed by atoms with Crippen molar-refractivity contribution >= 4 is 27.7 Å². The minimum atomic E-state index is -5.01. The highest BCUT2D eigenvalue weighted by molar-refractivity contribution is 6.05. The first kappa shape index (κ1) is 23.2. The van der Waals surface area contributed by atoms with E-state index in [1.165, 1.54) is 24.3 Å². The summed E-state index contributed by atoms with van der Waals surface area (Å²) in [6, 6.07) is 22.2. The number of hydrogen-bond donors (Lipinski definition) is 0. The number of benzene rings is 4. The van der Waals surface area contributed by atoms with E-state index in [0.29, 0.717) is 5.39 Å². The van der Waals surface area contributed by atoms with Gasteiger partial charge in [0.25, 0.3) is 5.76 Å². The van der Waals surface area contributed by atoms with Gasteiger partial charge in [0, 0.05) is 6.07 Å². The van der Waals surface area contributed by atoms with Crippen LogP contribution in [0.25, 0.3) is 21.7 Å². The van der Waals surface area contributed by atoms with Crippen LogP contribution < -0.4 is 14.9 Å². The van der Waals surface area contributed by atoms with Crippen molar-refractivity contribution in [3.63, 3.8) is 0 Å². The molecule has 5 nitrogen and oxygen atoms in total. The molecule has 0 unspecified atom stereocenters. The van der Waals surface area contributed by atoms with E-state index in [9.17, 15) is 22.8 Å². The average Bonchev–Trinajstić information content (AvgIpc) is 2.84. The Bertz CT molecular complexity index is 1680. The molecule has 0 bridgehead atoms. The first-order valence-electron chi connectivity index (χ1n) is 10.8. The number of halogens is 3. The third-order valence-electron chi connectivity index (χ3n) is 5.51. The zero-order chi connectivity index (χ0) is 25.4. The van der Waals surface area contributed by atoms with Crippen molar-refractivity contribution in [3.8, 4) is 17.2 Å². The molecule has 180 valence electrons. The second-order valence-electron chi connectivity index (χ2n) is 8.08. The lowest BCUT2D eigenvalue weighted by Crippen LogP contribution is -2.15. The fraction of sp³-hybridized carbons (Fsp3) is 0.0714. The minimum Gasteiger partial charge on any atom is -0.449 e. The number of carbonyl (C=O) groups excluding carboxylic acids is 1. The lowest BCUT2D eigenvalue weighted by atomic mass is 10.0. The molecule has 0 N–H and O–H groups in total. The van der Waals surface area contributed by atoms with Crippen LogP contribution in [0.3, 0.4) is 0 Å². The van der Waals surface area contributed by atoms with Crippen LogP contribution in [0.4, 0.5) is 13.2 Å². The fourth-order valence-corrected chi connectivity index (χ4v) is 3.86. The largest absolute Gasteiger partial charge is 0.453 e. The van der Waals surface area contributed by atoms with Gasteiger partial charge in [-0.3, -0.25) is 4.79 Å². The molecule has 0 saturated carbocycles. The number of ether oxygens (including phenoxy) is 2. The molecule has 1 aromatic heterocycles. The van der Waals surface area contributed by atoms with Gasteiger partial charge in [0.2, 0.25) is 11.2 Å². The predicted octanol–water partition coefficient (Wildman–Crippen LogP) is 7.28. The van der Waals surface area contributed by atoms with Crippen LogP contribution in [0.15, 0.2) is 94.1 Å². The maximum Gasteiger partial charge on any atom is 0.453 e. The molecule has 0 fully saturated rings. The van der Waals surface area contributed by atoms with Crippen LogP contribution in [0.5, 0.6) is 17.2 Å². The standard InChI is InChI=1S/C28H17F3O5/c1-16-6-4-9-18(14-16)34-25-24(32)22-13-12-19(15-23(22)36-26(25)28(29,30)31)35-27(33)21-11-5-8-17-7-2-3-10-20(17)21/h2-15H,1H3. The summed E-state index contributed by atoms with van der Waals surface area (Å²) in [6.07, 6.45) is -5.01. The summed E-state index contributed by atoms with van der Waals surface area (Å²) >= 11 is 0. The molecule has 0 radical (unpaired) electrons. The highest BCUT2D eigenvalue weighted by atomic mass is 19.4. The first-order chi connectivity index (χ1) is 17.2. The molecule has 4 aromatic carbocycles. The second kappa shape index (κ2) is 8.88. The summed E-state index contributed by atoms with van der Waals surface area (Å²) < 4.78 is 57.3. The molecule has 8 heteroatoms. The van der Waals surface area contributed by atoms with Gasteiger partial charge < -0.3 is 13.9 Å². The van der Waals surface area contributed by atoms with Crippen LogP contribution in [-0.4, -0.2) is 5.97 Å². The van der Waals surface area contributed by atoms with Crippen LogP contribution in [-0.2, 0) is 6.18 Å². The molecule has 5 rings (SSSR count). The molecule has 0 saturated heterocycles. The van der Waals surface area contributed by atoms with Gasteiger partial charge in [-0.2, -0.15) is 13.2 Å². The topological polar surface area (TPSA) is 65.7 Å². The molecule has 0 aliphatic heterocycles. The zero-order valence-electron chi connectivity index (χ0n) is 18.8. The summed E-state index contributed by atoms with van der Waals surface area (Å²) in [5.74, 6) is -3.28. The molecular weight excluding hydrogens is 473 g/mol. The van der Waals surface area contributed by atoms with E-state index in [4.69, 9.17) is 13.9 Å². The van der Waals surface area contributed by atoms with Crippen molar-refractivity contribution in [1.82, 2.24) is 0 Å². The number of aryl methyl sites for hydroxylation is 1. The Kier molecular flexibility index (Phi) is 5.72. The number of hydrogen-bond acceptors (Lipinski definition) is 5. The molecule has 0 aliphatic carbocycles. The third-order valence-corrected chi connectivity index (χ3v) is 5.51. The van der Waals surface area contributed by atoms with E-state index in [-0.39, 0.29) is 22.4 Å². The Labute approximate surface area is 202 Å². The van der Waals surface area contributed by atoms with Crippen molar-refractivity contribution in [2.75, 3.05) is 0 Å². The Morgan fingerprint density at radius 1 is 0.833 bits per heavy atom. The second-order valence-corrected chi connectivity index (χ2v) is 8.08. The lowest BCUT2D eigenvalue weighted by molar-refractivity contribution is -0.154. The average molecular weight is 490 g/mol. The number of carbonyl (C=O) groups is 1. The van der Waals surface area contributed by atoms with E-state index < -0.39 is 34.7 Å². The summed E-state index contributed by atoms with van der Waals surface area (Å²) in [5.41, 5.74) is -0.374. The molecule has 0 atom stereocenters. The van der Waals surface area contributed by atoms with E-state index in [1.54, 1.807) is 43.3 Å². The smallest absolute Gasteiger partial charge is 0.449 e. The Morgan fingerprint density at radius 2 is 1.58 bits per heavy atom. The quantitative estimate of drug-likeness (QED) is 0.196. The monoisotopic (exact) mass is 490 g/mol. The Balaban J connectivity index is 1.55. The van der Waals surface area contributed by atoms with Crippen molar-refractivity contribution in [3.05, 3.63) is 112 Å². The third kappa shape index (κ3) is 4.40. The van der Waals surface area contributed by atoms with Crippen LogP contribution >= 0.6 is 0 Å². The molecule has 0 aliphatic rings. The normalized spacial score (nSPS) is 11.6. The number of fused-ring (bicyclic) bond motifs is 2. The van der Waals surface area contributed by atoms with Gasteiger partial charge in [0.05, 0.1) is 10.9 Å². The molecule has 36 heavy (non-hydrogen) atoms. The van der Waals surface area contributed by atoms with E-state index in [0.717, 1.165) is 17.0 Å². The highest BCUT2D eigenvalue weighted by Gasteiger charge is 2.40. The van der Waals surface area contributed by atoms with E-state index in [2.05, 4.69) is 0 Å². The van der Waals surface area contributed by atoms with Gasteiger partial charge in [-0.05, 0) is 53.6 Å². The maximum absolute atomic E-state index is 13.8. The van der Waals surface area contributed by atoms with Gasteiger partial charge in [-0.25, -0.2) is 4.79 Å². The van der Waals surface area contributed by atoms with Crippen molar-refractivity contribution in [1.29, 1.82) is 0 Å². The van der Waals surface area contributed by atoms with Crippen molar-refractivity contribution in [2.24, 2.45) is 0 Å². The molecular formula is C28H17F3O5. The molecule has 0 amide bonds. The highest BCUT2D eigenvalue weighted by Crippen LogP contribution is 2.38. The van der Waals surface area contributed by atoms with Crippen molar-refractivity contribution < 1.29 is 31.9 Å². The maximum atomic E-state index is 13.8. The molecule has 1 heterocycles. The van der Waals surface area contributed by atoms with Gasteiger partial charge in [0.15, 0.2) is 0 Å². The number of alkyl halides is 3. The zero-order valence-corrected chi connectivity index (χ0v) is 18.8. The van der Waals surface area contributed by atoms with Crippen LogP contribution in [0.2, 0.25) is 0 Å². The summed E-state index contributed by atoms with van der Waals surface area (Å²) in [6.45, 7) is 1.74. The van der Waals surface area contributed by atoms with Gasteiger partial charge in [-0.1, -0.05) is 48.5 Å². The van der Waals surface area contributed by atoms with E-state index >= 15 is 0 Å².